The normalized spacial score (nSPS) is 16.1. The Morgan fingerprint density at radius 1 is 0.971 bits per heavy atom. The van der Waals surface area contributed by atoms with Crippen LogP contribution in [0.2, 0.25) is 5.02 Å². The van der Waals surface area contributed by atoms with Crippen LogP contribution >= 0.6 is 11.6 Å². The van der Waals surface area contributed by atoms with Crippen molar-refractivity contribution in [3.63, 3.8) is 0 Å². The van der Waals surface area contributed by atoms with Gasteiger partial charge >= 0.3 is 6.03 Å². The first-order valence-corrected chi connectivity index (χ1v) is 11.0. The quantitative estimate of drug-likeness (QED) is 0.364. The molecule has 2 amide bonds. The summed E-state index contributed by atoms with van der Waals surface area (Å²) in [6.45, 7) is 3.81. The Balaban J connectivity index is 1.64. The molecule has 6 nitrogen and oxygen atoms in total. The lowest BCUT2D eigenvalue weighted by Gasteiger charge is -2.35. The Morgan fingerprint density at radius 3 is 2.32 bits per heavy atom. The molecular formula is C26H20ClFN4O2. The number of rotatable bonds is 4. The van der Waals surface area contributed by atoms with Gasteiger partial charge in [-0.1, -0.05) is 46.6 Å². The van der Waals surface area contributed by atoms with Gasteiger partial charge in [0.1, 0.15) is 5.82 Å². The minimum atomic E-state index is -0.511. The molecule has 0 bridgehead atoms. The molecule has 0 fully saturated rings. The maximum absolute atomic E-state index is 13.5. The number of anilines is 1. The number of nitrogens with one attached hydrogen (secondary N) is 1. The summed E-state index contributed by atoms with van der Waals surface area (Å²) in [5.74, 6) is 0.296. The first-order valence-electron chi connectivity index (χ1n) is 10.6. The summed E-state index contributed by atoms with van der Waals surface area (Å²) in [7, 11) is 0. The number of benzene rings is 3. The van der Waals surface area contributed by atoms with Crippen LogP contribution < -0.4 is 10.2 Å². The Hall–Kier alpha value is -3.97. The predicted molar refractivity (Wildman–Crippen MR) is 129 cm³/mol. The van der Waals surface area contributed by atoms with Crippen molar-refractivity contribution in [2.24, 2.45) is 0 Å². The second-order valence-electron chi connectivity index (χ2n) is 8.03. The summed E-state index contributed by atoms with van der Waals surface area (Å²) < 4.78 is 19.2. The van der Waals surface area contributed by atoms with Gasteiger partial charge in [0.25, 0.3) is 5.89 Å². The van der Waals surface area contributed by atoms with E-state index in [9.17, 15) is 9.18 Å². The van der Waals surface area contributed by atoms with Crippen LogP contribution in [0.4, 0.5) is 14.9 Å². The van der Waals surface area contributed by atoms with Gasteiger partial charge in [0.2, 0.25) is 5.82 Å². The number of aromatic nitrogens is 2. The van der Waals surface area contributed by atoms with E-state index in [1.807, 2.05) is 50.2 Å². The molecule has 4 aromatic rings. The van der Waals surface area contributed by atoms with E-state index in [0.29, 0.717) is 27.8 Å². The molecule has 34 heavy (non-hydrogen) atoms. The van der Waals surface area contributed by atoms with Crippen molar-refractivity contribution in [1.82, 2.24) is 15.5 Å². The lowest BCUT2D eigenvalue weighted by Crippen LogP contribution is -2.46. The van der Waals surface area contributed by atoms with Gasteiger partial charge in [0, 0.05) is 16.3 Å². The minimum absolute atomic E-state index is 0.278. The van der Waals surface area contributed by atoms with Crippen molar-refractivity contribution >= 4 is 28.9 Å². The number of carbonyl (C=O) groups is 1. The van der Waals surface area contributed by atoms with Crippen molar-refractivity contribution in [1.29, 1.82) is 0 Å². The van der Waals surface area contributed by atoms with E-state index >= 15 is 0 Å². The van der Waals surface area contributed by atoms with E-state index in [-0.39, 0.29) is 17.7 Å². The Morgan fingerprint density at radius 2 is 1.65 bits per heavy atom. The van der Waals surface area contributed by atoms with Crippen LogP contribution in [0, 0.1) is 12.7 Å². The van der Waals surface area contributed by atoms with E-state index in [2.05, 4.69) is 15.5 Å². The summed E-state index contributed by atoms with van der Waals surface area (Å²) in [6.07, 6.45) is 0. The molecular weight excluding hydrogens is 455 g/mol. The Kier molecular flexibility index (Phi) is 5.63. The van der Waals surface area contributed by atoms with Gasteiger partial charge in [-0.3, -0.25) is 4.90 Å². The molecule has 2 heterocycles. The Labute approximate surface area is 200 Å². The second-order valence-corrected chi connectivity index (χ2v) is 8.47. The fraction of sp³-hybridized carbons (Fsp3) is 0.115. The van der Waals surface area contributed by atoms with Crippen LogP contribution in [0.3, 0.4) is 0 Å². The highest BCUT2D eigenvalue weighted by molar-refractivity contribution is 6.30. The molecule has 1 aromatic heterocycles. The van der Waals surface area contributed by atoms with Crippen LogP contribution in [0.25, 0.3) is 17.0 Å². The number of urea groups is 1. The summed E-state index contributed by atoms with van der Waals surface area (Å²) in [6, 6.07) is 19.9. The van der Waals surface area contributed by atoms with Crippen molar-refractivity contribution in [2.45, 2.75) is 19.9 Å². The van der Waals surface area contributed by atoms with E-state index in [4.69, 9.17) is 16.1 Å². The molecule has 1 unspecified atom stereocenters. The number of aryl methyl sites for hydroxylation is 1. The van der Waals surface area contributed by atoms with Crippen LogP contribution in [-0.2, 0) is 0 Å². The van der Waals surface area contributed by atoms with Crippen molar-refractivity contribution in [3.8, 4) is 11.4 Å². The predicted octanol–water partition coefficient (Wildman–Crippen LogP) is 6.54. The smallest absolute Gasteiger partial charge is 0.326 e. The third-order valence-corrected chi connectivity index (χ3v) is 5.99. The third-order valence-electron chi connectivity index (χ3n) is 5.74. The van der Waals surface area contributed by atoms with Crippen molar-refractivity contribution < 1.29 is 13.7 Å². The number of allylic oxidation sites excluding steroid dienone is 1. The van der Waals surface area contributed by atoms with Crippen molar-refractivity contribution in [3.05, 3.63) is 106 Å². The summed E-state index contributed by atoms with van der Waals surface area (Å²) in [5.41, 5.74) is 4.50. The maximum atomic E-state index is 13.5. The zero-order chi connectivity index (χ0) is 23.8. The lowest BCUT2D eigenvalue weighted by atomic mass is 9.94. The SMILES string of the molecule is CC1=C(c2nc(-c3ccc(Cl)cc3)no2)C(c2ccc(C)cc2)NC(=O)N1c1ccc(F)cc1. The molecule has 0 radical (unpaired) electrons. The fourth-order valence-electron chi connectivity index (χ4n) is 3.98. The monoisotopic (exact) mass is 474 g/mol. The fourth-order valence-corrected chi connectivity index (χ4v) is 4.11. The number of amides is 2. The van der Waals surface area contributed by atoms with Gasteiger partial charge in [0.15, 0.2) is 0 Å². The van der Waals surface area contributed by atoms with Gasteiger partial charge in [-0.15, -0.1) is 0 Å². The molecule has 0 spiro atoms. The number of hydrogen-bond acceptors (Lipinski definition) is 4. The third kappa shape index (κ3) is 4.06. The molecule has 3 aromatic carbocycles. The first kappa shape index (κ1) is 21.9. The highest BCUT2D eigenvalue weighted by atomic mass is 35.5. The van der Waals surface area contributed by atoms with E-state index in [1.54, 1.807) is 24.3 Å². The molecule has 1 aliphatic rings. The maximum Gasteiger partial charge on any atom is 0.326 e. The summed E-state index contributed by atoms with van der Waals surface area (Å²) in [4.78, 5) is 19.3. The minimum Gasteiger partial charge on any atom is -0.334 e. The summed E-state index contributed by atoms with van der Waals surface area (Å²) >= 11 is 6.00. The van der Waals surface area contributed by atoms with Crippen LogP contribution in [0.15, 0.2) is 83.0 Å². The largest absolute Gasteiger partial charge is 0.334 e. The van der Waals surface area contributed by atoms with Crippen LogP contribution in [0.5, 0.6) is 0 Å². The van der Waals surface area contributed by atoms with E-state index in [1.165, 1.54) is 17.0 Å². The molecule has 1 aliphatic heterocycles. The van der Waals surface area contributed by atoms with Crippen LogP contribution in [0.1, 0.15) is 30.0 Å². The molecule has 1 atom stereocenters. The molecule has 1 N–H and O–H groups in total. The number of carbonyl (C=O) groups excluding carboxylic acids is 1. The molecule has 5 rings (SSSR count). The molecule has 170 valence electrons. The molecule has 0 saturated carbocycles. The number of nitrogens with zero attached hydrogens (tertiary/aromatic N) is 3. The molecule has 0 aliphatic carbocycles. The summed E-state index contributed by atoms with van der Waals surface area (Å²) in [5, 5.41) is 7.80. The highest BCUT2D eigenvalue weighted by Crippen LogP contribution is 2.39. The average molecular weight is 475 g/mol. The van der Waals surface area contributed by atoms with E-state index in [0.717, 1.165) is 16.7 Å². The molecule has 0 saturated heterocycles. The van der Waals surface area contributed by atoms with Crippen molar-refractivity contribution in [2.75, 3.05) is 4.90 Å². The topological polar surface area (TPSA) is 71.3 Å². The van der Waals surface area contributed by atoms with Gasteiger partial charge in [0.05, 0.1) is 17.3 Å². The lowest BCUT2D eigenvalue weighted by molar-refractivity contribution is 0.244. The van der Waals surface area contributed by atoms with Gasteiger partial charge < -0.3 is 9.84 Å². The number of halogens is 2. The van der Waals surface area contributed by atoms with Gasteiger partial charge in [-0.25, -0.2) is 9.18 Å². The first-order chi connectivity index (χ1) is 16.4. The number of hydrogen-bond donors (Lipinski definition) is 1. The molecule has 8 heteroatoms. The van der Waals surface area contributed by atoms with Crippen LogP contribution in [-0.4, -0.2) is 16.2 Å². The van der Waals surface area contributed by atoms with Gasteiger partial charge in [-0.05, 0) is 67.9 Å². The average Bonchev–Trinajstić information content (AvgIpc) is 3.30. The van der Waals surface area contributed by atoms with E-state index < -0.39 is 6.04 Å². The highest BCUT2D eigenvalue weighted by Gasteiger charge is 2.36. The zero-order valence-corrected chi connectivity index (χ0v) is 19.2. The Bertz CT molecular complexity index is 1380. The second kappa shape index (κ2) is 8.76. The van der Waals surface area contributed by atoms with Gasteiger partial charge in [-0.2, -0.15) is 4.98 Å². The zero-order valence-electron chi connectivity index (χ0n) is 18.4. The standard InChI is InChI=1S/C26H20ClFN4O2/c1-15-3-5-17(6-4-15)23-22(25-30-24(31-34-25)18-7-9-19(27)10-8-18)16(2)32(26(33)29-23)21-13-11-20(28)12-14-21/h3-14,23H,1-2H3,(H,29,33).